The second-order valence-corrected chi connectivity index (χ2v) is 6.71. The van der Waals surface area contributed by atoms with Gasteiger partial charge in [0.25, 0.3) is 0 Å². The van der Waals surface area contributed by atoms with Gasteiger partial charge in [0.15, 0.2) is 4.80 Å². The van der Waals surface area contributed by atoms with E-state index < -0.39 is 0 Å². The molecule has 0 radical (unpaired) electrons. The van der Waals surface area contributed by atoms with E-state index in [2.05, 4.69) is 63.9 Å². The van der Waals surface area contributed by atoms with Crippen molar-refractivity contribution >= 4 is 28.1 Å². The van der Waals surface area contributed by atoms with Gasteiger partial charge in [0.1, 0.15) is 5.65 Å². The Balaban J connectivity index is 0.00000102. The van der Waals surface area contributed by atoms with Crippen molar-refractivity contribution in [1.29, 1.82) is 0 Å². The summed E-state index contributed by atoms with van der Waals surface area (Å²) in [5.41, 5.74) is 3.82. The van der Waals surface area contributed by atoms with Gasteiger partial charge in [-0.25, -0.2) is 9.98 Å². The Hall–Kier alpha value is -2.92. The molecule has 0 aliphatic heterocycles. The van der Waals surface area contributed by atoms with Crippen LogP contribution < -0.4 is 4.80 Å². The molecule has 0 saturated carbocycles. The molecule has 4 aromatic rings. The summed E-state index contributed by atoms with van der Waals surface area (Å²) in [6.07, 6.45) is 5.77. The molecular weight excluding hydrogens is 352 g/mol. The van der Waals surface area contributed by atoms with Gasteiger partial charge >= 0.3 is 0 Å². The largest absolute Gasteiger partial charge is 0.345 e. The van der Waals surface area contributed by atoms with Gasteiger partial charge in [-0.05, 0) is 24.6 Å². The minimum Gasteiger partial charge on any atom is -0.345 e. The monoisotopic (exact) mass is 376 g/mol. The molecule has 0 aliphatic carbocycles. The molecule has 0 aliphatic rings. The molecule has 0 fully saturated rings. The maximum Gasteiger partial charge on any atom is 0.190 e. The molecule has 1 atom stereocenters. The van der Waals surface area contributed by atoms with Gasteiger partial charge in [-0.3, -0.25) is 0 Å². The fraction of sp³-hybridized carbons (Fsp3) is 0.182. The number of nitrogens with one attached hydrogen (secondary N) is 1. The Morgan fingerprint density at radius 2 is 1.96 bits per heavy atom. The van der Waals surface area contributed by atoms with Crippen molar-refractivity contribution in [3.63, 3.8) is 0 Å². The van der Waals surface area contributed by atoms with Crippen molar-refractivity contribution in [2.45, 2.75) is 26.8 Å². The SMILES string of the molecule is C=C(N=c1sccn1C(C)c1ccccc1)c1c[nH]c2ncccc12.CC. The summed E-state index contributed by atoms with van der Waals surface area (Å²) in [7, 11) is 0. The number of thiazole rings is 1. The van der Waals surface area contributed by atoms with Crippen LogP contribution in [0.3, 0.4) is 0 Å². The van der Waals surface area contributed by atoms with Crippen LogP contribution in [0.25, 0.3) is 16.7 Å². The molecular formula is C22H24N4S. The van der Waals surface area contributed by atoms with Crippen LogP contribution in [0.5, 0.6) is 0 Å². The van der Waals surface area contributed by atoms with E-state index in [1.54, 1.807) is 17.5 Å². The van der Waals surface area contributed by atoms with Crippen LogP contribution in [-0.4, -0.2) is 14.5 Å². The summed E-state index contributed by atoms with van der Waals surface area (Å²) in [6.45, 7) is 10.4. The number of hydrogen-bond acceptors (Lipinski definition) is 3. The second-order valence-electron chi connectivity index (χ2n) is 5.84. The number of H-pyrrole nitrogens is 1. The molecule has 1 N–H and O–H groups in total. The number of hydrogen-bond donors (Lipinski definition) is 1. The zero-order valence-electron chi connectivity index (χ0n) is 15.9. The Morgan fingerprint density at radius 1 is 1.19 bits per heavy atom. The number of fused-ring (bicyclic) bond motifs is 1. The van der Waals surface area contributed by atoms with Crippen LogP contribution in [0.1, 0.15) is 37.9 Å². The maximum absolute atomic E-state index is 4.80. The molecule has 0 spiro atoms. The zero-order chi connectivity index (χ0) is 19.2. The van der Waals surface area contributed by atoms with Crippen LogP contribution in [0.15, 0.2) is 78.0 Å². The number of pyridine rings is 1. The third kappa shape index (κ3) is 3.93. The van der Waals surface area contributed by atoms with E-state index >= 15 is 0 Å². The average Bonchev–Trinajstić information content (AvgIpc) is 3.36. The first kappa shape index (κ1) is 18.9. The first-order valence-corrected chi connectivity index (χ1v) is 9.98. The number of aromatic amines is 1. The van der Waals surface area contributed by atoms with E-state index in [4.69, 9.17) is 4.99 Å². The van der Waals surface area contributed by atoms with E-state index in [9.17, 15) is 0 Å². The Bertz CT molecular complexity index is 1090. The lowest BCUT2D eigenvalue weighted by molar-refractivity contribution is 0.622. The maximum atomic E-state index is 4.80. The fourth-order valence-electron chi connectivity index (χ4n) is 2.92. The zero-order valence-corrected chi connectivity index (χ0v) is 16.7. The number of benzene rings is 1. The summed E-state index contributed by atoms with van der Waals surface area (Å²) in [4.78, 5) is 13.2. The first-order valence-electron chi connectivity index (χ1n) is 9.11. The van der Waals surface area contributed by atoms with Gasteiger partial charge in [-0.15, -0.1) is 11.3 Å². The summed E-state index contributed by atoms with van der Waals surface area (Å²) < 4.78 is 2.18. The van der Waals surface area contributed by atoms with E-state index in [0.717, 1.165) is 27.1 Å². The van der Waals surface area contributed by atoms with Gasteiger partial charge in [0.2, 0.25) is 0 Å². The van der Waals surface area contributed by atoms with Gasteiger partial charge in [0, 0.05) is 34.9 Å². The van der Waals surface area contributed by atoms with Crippen LogP contribution in [0.2, 0.25) is 0 Å². The molecule has 1 unspecified atom stereocenters. The molecule has 0 amide bonds. The van der Waals surface area contributed by atoms with Crippen LogP contribution in [-0.2, 0) is 0 Å². The summed E-state index contributed by atoms with van der Waals surface area (Å²) >= 11 is 1.61. The lowest BCUT2D eigenvalue weighted by atomic mass is 10.1. The average molecular weight is 377 g/mol. The van der Waals surface area contributed by atoms with E-state index in [1.165, 1.54) is 5.56 Å². The highest BCUT2D eigenvalue weighted by atomic mass is 32.1. The lowest BCUT2D eigenvalue weighted by Crippen LogP contribution is -2.19. The molecule has 138 valence electrons. The molecule has 3 heterocycles. The molecule has 0 saturated heterocycles. The van der Waals surface area contributed by atoms with Gasteiger partial charge in [0.05, 0.1) is 11.7 Å². The van der Waals surface area contributed by atoms with Crippen molar-refractivity contribution < 1.29 is 0 Å². The fourth-order valence-corrected chi connectivity index (χ4v) is 3.74. The molecule has 5 heteroatoms. The third-order valence-electron chi connectivity index (χ3n) is 4.31. The molecule has 4 nitrogen and oxygen atoms in total. The standard InChI is InChI=1S/C20H18N4S.C2H6/c1-14(18-13-22-19-17(18)9-6-10-21-19)23-20-24(11-12-25-20)15(2)16-7-4-3-5-8-16;1-2/h3-13,15H,1H2,2H3,(H,21,22);1-2H3. The molecule has 1 aromatic carbocycles. The third-order valence-corrected chi connectivity index (χ3v) is 5.08. The van der Waals surface area contributed by atoms with E-state index in [1.807, 2.05) is 38.2 Å². The van der Waals surface area contributed by atoms with Crippen molar-refractivity contribution in [3.05, 3.63) is 88.9 Å². The summed E-state index contributed by atoms with van der Waals surface area (Å²) in [5.74, 6) is 0. The topological polar surface area (TPSA) is 46.0 Å². The number of aromatic nitrogens is 3. The number of nitrogens with zero attached hydrogens (tertiary/aromatic N) is 3. The highest BCUT2D eigenvalue weighted by molar-refractivity contribution is 7.07. The van der Waals surface area contributed by atoms with Crippen molar-refractivity contribution in [1.82, 2.24) is 14.5 Å². The first-order chi connectivity index (χ1) is 13.2. The molecule has 27 heavy (non-hydrogen) atoms. The van der Waals surface area contributed by atoms with Gasteiger partial charge in [-0.2, -0.15) is 0 Å². The van der Waals surface area contributed by atoms with Crippen LogP contribution in [0, 0.1) is 0 Å². The highest BCUT2D eigenvalue weighted by Crippen LogP contribution is 2.23. The molecule has 4 rings (SSSR count). The highest BCUT2D eigenvalue weighted by Gasteiger charge is 2.10. The predicted molar refractivity (Wildman–Crippen MR) is 115 cm³/mol. The number of rotatable bonds is 4. The molecule has 0 bridgehead atoms. The Kier molecular flexibility index (Phi) is 6.04. The van der Waals surface area contributed by atoms with Gasteiger partial charge in [-0.1, -0.05) is 50.8 Å². The minimum atomic E-state index is 0.212. The van der Waals surface area contributed by atoms with Crippen LogP contribution >= 0.6 is 11.3 Å². The smallest absolute Gasteiger partial charge is 0.190 e. The van der Waals surface area contributed by atoms with E-state index in [0.29, 0.717) is 0 Å². The molecule has 3 aromatic heterocycles. The summed E-state index contributed by atoms with van der Waals surface area (Å²) in [5, 5.41) is 3.10. The lowest BCUT2D eigenvalue weighted by Gasteiger charge is -2.13. The Labute approximate surface area is 163 Å². The van der Waals surface area contributed by atoms with Crippen molar-refractivity contribution in [3.8, 4) is 0 Å². The summed E-state index contributed by atoms with van der Waals surface area (Å²) in [6, 6.07) is 14.6. The van der Waals surface area contributed by atoms with E-state index in [-0.39, 0.29) is 6.04 Å². The quantitative estimate of drug-likeness (QED) is 0.493. The second kappa shape index (κ2) is 8.64. The van der Waals surface area contributed by atoms with Gasteiger partial charge < -0.3 is 9.55 Å². The minimum absolute atomic E-state index is 0.212. The van der Waals surface area contributed by atoms with Crippen molar-refractivity contribution in [2.24, 2.45) is 4.99 Å². The van der Waals surface area contributed by atoms with Crippen LogP contribution in [0.4, 0.5) is 0 Å². The van der Waals surface area contributed by atoms with Crippen molar-refractivity contribution in [2.75, 3.05) is 0 Å². The predicted octanol–water partition coefficient (Wildman–Crippen LogP) is 5.63. The Morgan fingerprint density at radius 3 is 2.74 bits per heavy atom. The normalized spacial score (nSPS) is 12.5.